The van der Waals surface area contributed by atoms with Gasteiger partial charge < -0.3 is 9.64 Å². The van der Waals surface area contributed by atoms with Crippen molar-refractivity contribution in [1.82, 2.24) is 9.80 Å². The molecule has 6 nitrogen and oxygen atoms in total. The summed E-state index contributed by atoms with van der Waals surface area (Å²) in [6.07, 6.45) is 5.95. The predicted molar refractivity (Wildman–Crippen MR) is 113 cm³/mol. The van der Waals surface area contributed by atoms with Gasteiger partial charge in [0.1, 0.15) is 5.75 Å². The number of piperidine rings is 1. The smallest absolute Gasteiger partial charge is 0.241 e. The number of imide groups is 1. The van der Waals surface area contributed by atoms with Gasteiger partial charge in [0.25, 0.3) is 0 Å². The molecule has 1 saturated carbocycles. The average Bonchev–Trinajstić information content (AvgIpc) is 3.35. The van der Waals surface area contributed by atoms with Gasteiger partial charge in [0, 0.05) is 37.5 Å². The van der Waals surface area contributed by atoms with E-state index in [2.05, 4.69) is 6.92 Å². The van der Waals surface area contributed by atoms with Gasteiger partial charge in [0.15, 0.2) is 0 Å². The molecule has 3 aliphatic rings. The summed E-state index contributed by atoms with van der Waals surface area (Å²) in [7, 11) is 1.57. The Morgan fingerprint density at radius 2 is 1.87 bits per heavy atom. The van der Waals surface area contributed by atoms with Gasteiger partial charge in [0.2, 0.25) is 17.7 Å². The molecule has 0 radical (unpaired) electrons. The zero-order chi connectivity index (χ0) is 21.3. The summed E-state index contributed by atoms with van der Waals surface area (Å²) in [6.45, 7) is 3.59. The van der Waals surface area contributed by atoms with E-state index in [0.29, 0.717) is 17.2 Å². The van der Waals surface area contributed by atoms with Crippen molar-refractivity contribution < 1.29 is 19.1 Å². The molecule has 30 heavy (non-hydrogen) atoms. The SMILES string of the molecule is COc1ccccc1C1(CC(=O)N2CCCC(C)C2)CC(=O)N(C2CCCC2)C1=O. The molecule has 3 amide bonds. The maximum absolute atomic E-state index is 13.9. The van der Waals surface area contributed by atoms with Crippen LogP contribution in [0.5, 0.6) is 5.75 Å². The Bertz CT molecular complexity index is 832. The van der Waals surface area contributed by atoms with Crippen LogP contribution in [-0.2, 0) is 19.8 Å². The molecular formula is C24H32N2O4. The molecule has 2 aliphatic heterocycles. The second kappa shape index (κ2) is 8.40. The third-order valence-electron chi connectivity index (χ3n) is 7.12. The molecule has 2 saturated heterocycles. The molecule has 0 N–H and O–H groups in total. The first-order valence-electron chi connectivity index (χ1n) is 11.2. The fourth-order valence-electron chi connectivity index (χ4n) is 5.56. The zero-order valence-electron chi connectivity index (χ0n) is 18.1. The Kier molecular flexibility index (Phi) is 5.85. The van der Waals surface area contributed by atoms with E-state index in [4.69, 9.17) is 4.74 Å². The number of hydrogen-bond donors (Lipinski definition) is 0. The van der Waals surface area contributed by atoms with Gasteiger partial charge in [-0.2, -0.15) is 0 Å². The lowest BCUT2D eigenvalue weighted by atomic mass is 9.75. The van der Waals surface area contributed by atoms with Crippen LogP contribution in [0.3, 0.4) is 0 Å². The number of carbonyl (C=O) groups is 3. The Balaban J connectivity index is 1.71. The number of ether oxygens (including phenoxy) is 1. The van der Waals surface area contributed by atoms with E-state index in [-0.39, 0.29) is 36.6 Å². The van der Waals surface area contributed by atoms with Gasteiger partial charge in [-0.05, 0) is 37.7 Å². The quantitative estimate of drug-likeness (QED) is 0.696. The van der Waals surface area contributed by atoms with E-state index < -0.39 is 5.41 Å². The molecule has 4 rings (SSSR count). The maximum Gasteiger partial charge on any atom is 0.241 e. The van der Waals surface area contributed by atoms with E-state index in [1.54, 1.807) is 13.2 Å². The van der Waals surface area contributed by atoms with E-state index in [1.807, 2.05) is 23.1 Å². The second-order valence-electron chi connectivity index (χ2n) is 9.23. The van der Waals surface area contributed by atoms with Gasteiger partial charge in [-0.15, -0.1) is 0 Å². The summed E-state index contributed by atoms with van der Waals surface area (Å²) < 4.78 is 5.56. The van der Waals surface area contributed by atoms with Gasteiger partial charge >= 0.3 is 0 Å². The van der Waals surface area contributed by atoms with Gasteiger partial charge in [0.05, 0.1) is 12.5 Å². The highest BCUT2D eigenvalue weighted by Crippen LogP contribution is 2.46. The highest BCUT2D eigenvalue weighted by Gasteiger charge is 2.57. The number of nitrogens with zero attached hydrogens (tertiary/aromatic N) is 2. The fraction of sp³-hybridized carbons (Fsp3) is 0.625. The second-order valence-corrected chi connectivity index (χ2v) is 9.23. The number of carbonyl (C=O) groups excluding carboxylic acids is 3. The zero-order valence-corrected chi connectivity index (χ0v) is 18.1. The summed E-state index contributed by atoms with van der Waals surface area (Å²) in [5.74, 6) is 0.606. The number of amides is 3. The van der Waals surface area contributed by atoms with Crippen molar-refractivity contribution in [2.24, 2.45) is 5.92 Å². The molecule has 2 heterocycles. The molecule has 2 atom stereocenters. The van der Waals surface area contributed by atoms with E-state index in [1.165, 1.54) is 4.90 Å². The van der Waals surface area contributed by atoms with Crippen molar-refractivity contribution in [3.8, 4) is 5.75 Å². The van der Waals surface area contributed by atoms with Gasteiger partial charge in [-0.25, -0.2) is 0 Å². The van der Waals surface area contributed by atoms with Crippen LogP contribution in [-0.4, -0.2) is 53.8 Å². The van der Waals surface area contributed by atoms with Crippen LogP contribution in [0.15, 0.2) is 24.3 Å². The minimum atomic E-state index is -1.18. The van der Waals surface area contributed by atoms with Gasteiger partial charge in [-0.3, -0.25) is 19.3 Å². The van der Waals surface area contributed by atoms with Crippen molar-refractivity contribution in [1.29, 1.82) is 0 Å². The third kappa shape index (κ3) is 3.61. The van der Waals surface area contributed by atoms with Gasteiger partial charge in [-0.1, -0.05) is 38.0 Å². The van der Waals surface area contributed by atoms with E-state index in [0.717, 1.165) is 51.6 Å². The highest BCUT2D eigenvalue weighted by atomic mass is 16.5. The Morgan fingerprint density at radius 3 is 2.57 bits per heavy atom. The van der Waals surface area contributed by atoms with Crippen molar-refractivity contribution in [3.63, 3.8) is 0 Å². The van der Waals surface area contributed by atoms with Crippen molar-refractivity contribution in [2.45, 2.75) is 69.7 Å². The Labute approximate surface area is 178 Å². The molecule has 162 valence electrons. The average molecular weight is 413 g/mol. The number of benzene rings is 1. The summed E-state index contributed by atoms with van der Waals surface area (Å²) in [4.78, 5) is 43.7. The lowest BCUT2D eigenvalue weighted by Crippen LogP contribution is -2.47. The lowest BCUT2D eigenvalue weighted by Gasteiger charge is -2.35. The first-order valence-corrected chi connectivity index (χ1v) is 11.2. The van der Waals surface area contributed by atoms with E-state index in [9.17, 15) is 14.4 Å². The summed E-state index contributed by atoms with van der Waals surface area (Å²) >= 11 is 0. The molecule has 6 heteroatoms. The first kappa shape index (κ1) is 20.9. The first-order chi connectivity index (χ1) is 14.5. The molecule has 1 aliphatic carbocycles. The van der Waals surface area contributed by atoms with Crippen LogP contribution >= 0.6 is 0 Å². The van der Waals surface area contributed by atoms with Crippen LogP contribution < -0.4 is 4.74 Å². The number of likely N-dealkylation sites (tertiary alicyclic amines) is 2. The molecule has 1 aromatic rings. The summed E-state index contributed by atoms with van der Waals surface area (Å²) in [5, 5.41) is 0. The molecule has 3 fully saturated rings. The normalized spacial score (nSPS) is 27.7. The number of rotatable bonds is 5. The van der Waals surface area contributed by atoms with Crippen molar-refractivity contribution in [3.05, 3.63) is 29.8 Å². The maximum atomic E-state index is 13.9. The minimum absolute atomic E-state index is 0.0217. The lowest BCUT2D eigenvalue weighted by molar-refractivity contribution is -0.145. The van der Waals surface area contributed by atoms with Crippen LogP contribution in [0, 0.1) is 5.92 Å². The Morgan fingerprint density at radius 1 is 1.13 bits per heavy atom. The molecular weight excluding hydrogens is 380 g/mol. The van der Waals surface area contributed by atoms with Crippen LogP contribution in [0.2, 0.25) is 0 Å². The molecule has 2 unspecified atom stereocenters. The number of methoxy groups -OCH3 is 1. The standard InChI is InChI=1S/C24H32N2O4/c1-17-8-7-13-25(16-17)21(27)14-24(19-11-5-6-12-20(19)30-2)15-22(28)26(23(24)29)18-9-3-4-10-18/h5-6,11-12,17-18H,3-4,7-10,13-16H2,1-2H3. The van der Waals surface area contributed by atoms with E-state index >= 15 is 0 Å². The highest BCUT2D eigenvalue weighted by molar-refractivity contribution is 6.11. The van der Waals surface area contributed by atoms with Crippen LogP contribution in [0.4, 0.5) is 0 Å². The number of para-hydroxylation sites is 1. The third-order valence-corrected chi connectivity index (χ3v) is 7.12. The molecule has 0 bridgehead atoms. The largest absolute Gasteiger partial charge is 0.496 e. The van der Waals surface area contributed by atoms with Crippen LogP contribution in [0.1, 0.15) is 63.9 Å². The minimum Gasteiger partial charge on any atom is -0.496 e. The molecule has 1 aromatic carbocycles. The monoisotopic (exact) mass is 412 g/mol. The topological polar surface area (TPSA) is 66.9 Å². The summed E-state index contributed by atoms with van der Waals surface area (Å²) in [5.41, 5.74) is -0.519. The molecule has 0 spiro atoms. The summed E-state index contributed by atoms with van der Waals surface area (Å²) in [6, 6.07) is 7.31. The van der Waals surface area contributed by atoms with Crippen molar-refractivity contribution in [2.75, 3.05) is 20.2 Å². The predicted octanol–water partition coefficient (Wildman–Crippen LogP) is 3.28. The number of hydrogen-bond acceptors (Lipinski definition) is 4. The molecule has 0 aromatic heterocycles. The Hall–Kier alpha value is -2.37. The van der Waals surface area contributed by atoms with Crippen LogP contribution in [0.25, 0.3) is 0 Å². The van der Waals surface area contributed by atoms with Crippen molar-refractivity contribution >= 4 is 17.7 Å². The fourth-order valence-corrected chi connectivity index (χ4v) is 5.56.